The highest BCUT2D eigenvalue weighted by Gasteiger charge is 2.32. The summed E-state index contributed by atoms with van der Waals surface area (Å²) in [6.45, 7) is 18.9. The molecule has 0 aromatic heterocycles. The molecule has 0 saturated carbocycles. The summed E-state index contributed by atoms with van der Waals surface area (Å²) in [5.41, 5.74) is 2.29. The lowest BCUT2D eigenvalue weighted by Crippen LogP contribution is -2.17. The van der Waals surface area contributed by atoms with Gasteiger partial charge < -0.3 is 0 Å². The van der Waals surface area contributed by atoms with Crippen LogP contribution in [0, 0.1) is 16.7 Å². The molecular formula is C15H28Si. The second kappa shape index (κ2) is 4.18. The van der Waals surface area contributed by atoms with E-state index in [0.29, 0.717) is 16.7 Å². The van der Waals surface area contributed by atoms with Gasteiger partial charge in [-0.25, -0.2) is 0 Å². The molecule has 0 heterocycles. The van der Waals surface area contributed by atoms with E-state index in [1.807, 2.05) is 0 Å². The lowest BCUT2D eigenvalue weighted by atomic mass is 9.80. The fourth-order valence-electron chi connectivity index (χ4n) is 2.29. The van der Waals surface area contributed by atoms with Gasteiger partial charge in [-0.15, -0.1) is 0 Å². The van der Waals surface area contributed by atoms with Crippen molar-refractivity contribution in [1.29, 1.82) is 0 Å². The molecule has 0 aromatic rings. The third-order valence-electron chi connectivity index (χ3n) is 3.45. The van der Waals surface area contributed by atoms with Gasteiger partial charge in [-0.2, -0.15) is 0 Å². The van der Waals surface area contributed by atoms with Crippen LogP contribution < -0.4 is 0 Å². The van der Waals surface area contributed by atoms with Crippen molar-refractivity contribution in [2.45, 2.75) is 54.6 Å². The quantitative estimate of drug-likeness (QED) is 0.584. The molecule has 0 radical (unpaired) electrons. The fourth-order valence-corrected chi connectivity index (χ4v) is 4.04. The van der Waals surface area contributed by atoms with Crippen LogP contribution in [0.3, 0.4) is 0 Å². The molecular weight excluding hydrogens is 208 g/mol. The van der Waals surface area contributed by atoms with E-state index in [-0.39, 0.29) is 0 Å². The minimum absolute atomic E-state index is 0.309. The molecule has 1 heteroatoms. The van der Waals surface area contributed by atoms with Gasteiger partial charge in [0.15, 0.2) is 0 Å². The van der Waals surface area contributed by atoms with Crippen molar-refractivity contribution >= 4 is 8.80 Å². The van der Waals surface area contributed by atoms with Gasteiger partial charge in [0, 0.05) is 5.92 Å². The Labute approximate surface area is 103 Å². The summed E-state index contributed by atoms with van der Waals surface area (Å²) in [7, 11) is -0.698. The molecule has 1 aliphatic carbocycles. The number of hydrogen-bond donors (Lipinski definition) is 0. The molecule has 1 atom stereocenters. The first-order chi connectivity index (χ1) is 7.03. The molecule has 0 aromatic carbocycles. The molecule has 0 spiro atoms. The van der Waals surface area contributed by atoms with Gasteiger partial charge in [0.25, 0.3) is 0 Å². The highest BCUT2D eigenvalue weighted by Crippen LogP contribution is 2.43. The van der Waals surface area contributed by atoms with Crippen LogP contribution in [0.25, 0.3) is 0 Å². The third-order valence-corrected chi connectivity index (χ3v) is 5.19. The minimum Gasteiger partial charge on any atom is -0.0779 e. The largest absolute Gasteiger partial charge is 0.0779 e. The normalized spacial score (nSPS) is 22.4. The highest BCUT2D eigenvalue weighted by atomic mass is 28.3. The summed E-state index contributed by atoms with van der Waals surface area (Å²) < 4.78 is 0. The third kappa shape index (κ3) is 2.88. The van der Waals surface area contributed by atoms with Crippen molar-refractivity contribution in [3.05, 3.63) is 22.9 Å². The average molecular weight is 236 g/mol. The summed E-state index contributed by atoms with van der Waals surface area (Å²) >= 11 is 0. The second-order valence-corrected chi connectivity index (χ2v) is 10.4. The predicted octanol–water partition coefficient (Wildman–Crippen LogP) is 4.59. The van der Waals surface area contributed by atoms with Gasteiger partial charge in [-0.05, 0) is 16.4 Å². The van der Waals surface area contributed by atoms with Crippen LogP contribution in [-0.4, -0.2) is 8.80 Å². The van der Waals surface area contributed by atoms with Gasteiger partial charge in [0.2, 0.25) is 0 Å². The zero-order valence-electron chi connectivity index (χ0n) is 12.3. The minimum atomic E-state index is -0.698. The molecule has 0 saturated heterocycles. The van der Waals surface area contributed by atoms with Crippen LogP contribution in [0.2, 0.25) is 13.1 Å². The van der Waals surface area contributed by atoms with Gasteiger partial charge >= 0.3 is 0 Å². The average Bonchev–Trinajstić information content (AvgIpc) is 2.44. The van der Waals surface area contributed by atoms with Crippen molar-refractivity contribution in [2.75, 3.05) is 0 Å². The van der Waals surface area contributed by atoms with Gasteiger partial charge in [-0.1, -0.05) is 72.0 Å². The molecule has 0 amide bonds. The Morgan fingerprint density at radius 1 is 0.938 bits per heavy atom. The van der Waals surface area contributed by atoms with Crippen LogP contribution in [0.15, 0.2) is 22.9 Å². The summed E-state index contributed by atoms with van der Waals surface area (Å²) in [6, 6.07) is 0. The fraction of sp³-hybridized carbons (Fsp3) is 0.733. The number of rotatable bonds is 1. The number of hydrogen-bond acceptors (Lipinski definition) is 0. The Balaban J connectivity index is 3.13. The molecule has 0 bridgehead atoms. The maximum atomic E-state index is 2.55. The Morgan fingerprint density at radius 2 is 1.44 bits per heavy atom. The van der Waals surface area contributed by atoms with E-state index in [0.717, 1.165) is 0 Å². The first-order valence-electron chi connectivity index (χ1n) is 6.48. The van der Waals surface area contributed by atoms with E-state index in [2.05, 4.69) is 66.8 Å². The predicted molar refractivity (Wildman–Crippen MR) is 77.4 cm³/mol. The van der Waals surface area contributed by atoms with Crippen molar-refractivity contribution in [3.8, 4) is 0 Å². The van der Waals surface area contributed by atoms with Crippen LogP contribution in [0.1, 0.15) is 41.5 Å². The standard InChI is InChI=1S/C15H28Si/c1-14(2,3)11-9-12(15(4,5)6)13(10-11)16(7)8/h9-11,16H,1-8H3. The van der Waals surface area contributed by atoms with Crippen LogP contribution in [-0.2, 0) is 0 Å². The SMILES string of the molecule is C[SiH](C)C1=CC(C(C)(C)C)C=C1C(C)(C)C. The molecule has 0 N–H and O–H groups in total. The summed E-state index contributed by atoms with van der Waals surface area (Å²) in [6.07, 6.45) is 5.08. The topological polar surface area (TPSA) is 0 Å². The molecule has 0 nitrogen and oxygen atoms in total. The molecule has 0 fully saturated rings. The first-order valence-corrected chi connectivity index (χ1v) is 9.36. The lowest BCUT2D eigenvalue weighted by molar-refractivity contribution is 0.344. The Hall–Kier alpha value is -0.303. The lowest BCUT2D eigenvalue weighted by Gasteiger charge is -2.25. The van der Waals surface area contributed by atoms with Crippen LogP contribution in [0.5, 0.6) is 0 Å². The van der Waals surface area contributed by atoms with Crippen LogP contribution >= 0.6 is 0 Å². The zero-order valence-corrected chi connectivity index (χ0v) is 13.5. The summed E-state index contributed by atoms with van der Waals surface area (Å²) in [4.78, 5) is 0. The van der Waals surface area contributed by atoms with E-state index in [1.54, 1.807) is 10.8 Å². The highest BCUT2D eigenvalue weighted by molar-refractivity contribution is 6.65. The molecule has 1 aliphatic rings. The molecule has 1 rings (SSSR count). The van der Waals surface area contributed by atoms with E-state index in [4.69, 9.17) is 0 Å². The van der Waals surface area contributed by atoms with E-state index >= 15 is 0 Å². The zero-order chi connectivity index (χ0) is 12.7. The van der Waals surface area contributed by atoms with Gasteiger partial charge in [-0.3, -0.25) is 0 Å². The van der Waals surface area contributed by atoms with Crippen molar-refractivity contribution in [1.82, 2.24) is 0 Å². The Bertz CT molecular complexity index is 318. The van der Waals surface area contributed by atoms with Crippen molar-refractivity contribution in [2.24, 2.45) is 16.7 Å². The molecule has 1 unspecified atom stereocenters. The van der Waals surface area contributed by atoms with Crippen LogP contribution in [0.4, 0.5) is 0 Å². The maximum Gasteiger partial charge on any atom is 0.0647 e. The maximum absolute atomic E-state index is 2.55. The number of allylic oxidation sites excluding steroid dienone is 4. The summed E-state index contributed by atoms with van der Waals surface area (Å²) in [5, 5.41) is 1.70. The smallest absolute Gasteiger partial charge is 0.0647 e. The van der Waals surface area contributed by atoms with E-state index < -0.39 is 8.80 Å². The van der Waals surface area contributed by atoms with E-state index in [9.17, 15) is 0 Å². The molecule has 92 valence electrons. The van der Waals surface area contributed by atoms with Gasteiger partial charge in [0.05, 0.1) is 8.80 Å². The van der Waals surface area contributed by atoms with Crippen molar-refractivity contribution < 1.29 is 0 Å². The molecule has 0 aliphatic heterocycles. The van der Waals surface area contributed by atoms with Gasteiger partial charge in [0.1, 0.15) is 0 Å². The second-order valence-electron chi connectivity index (χ2n) is 7.50. The molecule has 16 heavy (non-hydrogen) atoms. The monoisotopic (exact) mass is 236 g/mol. The van der Waals surface area contributed by atoms with E-state index in [1.165, 1.54) is 0 Å². The Kier molecular flexibility index (Phi) is 3.59. The first kappa shape index (κ1) is 13.8. The summed E-state index contributed by atoms with van der Waals surface area (Å²) in [5.74, 6) is 0.631. The Morgan fingerprint density at radius 3 is 1.69 bits per heavy atom. The van der Waals surface area contributed by atoms with Crippen molar-refractivity contribution in [3.63, 3.8) is 0 Å².